The van der Waals surface area contributed by atoms with Crippen LogP contribution in [0.4, 0.5) is 0 Å². The van der Waals surface area contributed by atoms with Crippen LogP contribution in [0.2, 0.25) is 0 Å². The molecule has 0 spiro atoms. The van der Waals surface area contributed by atoms with Gasteiger partial charge in [0.15, 0.2) is 0 Å². The second-order valence-corrected chi connectivity index (χ2v) is 1.62. The van der Waals surface area contributed by atoms with E-state index in [0.29, 0.717) is 0 Å². The third kappa shape index (κ3) is 17.7. The van der Waals surface area contributed by atoms with Gasteiger partial charge in [-0.3, -0.25) is 4.79 Å². The Kier molecular flexibility index (Phi) is 7.57. The van der Waals surface area contributed by atoms with Gasteiger partial charge in [0.25, 0.3) is 0 Å². The van der Waals surface area contributed by atoms with E-state index in [-0.39, 0.29) is 0 Å². The van der Waals surface area contributed by atoms with Crippen molar-refractivity contribution in [1.82, 2.24) is 0 Å². The minimum atomic E-state index is -1.23. The summed E-state index contributed by atoms with van der Waals surface area (Å²) in [5.41, 5.74) is 4.53. The van der Waals surface area contributed by atoms with Crippen LogP contribution in [-0.2, 0) is 9.59 Å². The number of rotatable bonds is 2. The molecular formula is C6H11NO4. The molecule has 0 rings (SSSR count). The topological polar surface area (TPSA) is 101 Å². The molecule has 1 unspecified atom stereocenters. The van der Waals surface area contributed by atoms with Crippen molar-refractivity contribution < 1.29 is 19.8 Å². The normalized spacial score (nSPS) is 10.4. The van der Waals surface area contributed by atoms with Gasteiger partial charge in [0.05, 0.1) is 0 Å². The lowest BCUT2D eigenvalue weighted by Crippen LogP contribution is -2.13. The Morgan fingerprint density at radius 1 is 1.64 bits per heavy atom. The highest BCUT2D eigenvalue weighted by Crippen LogP contribution is 1.73. The molecule has 0 aliphatic heterocycles. The summed E-state index contributed by atoms with van der Waals surface area (Å²) in [6, 6.07) is 0. The molecule has 0 aliphatic rings. The van der Waals surface area contributed by atoms with Gasteiger partial charge in [-0.25, -0.2) is 4.79 Å². The number of primary amides is 1. The first-order valence-electron chi connectivity index (χ1n) is 2.74. The van der Waals surface area contributed by atoms with Crippen molar-refractivity contribution in [3.63, 3.8) is 0 Å². The number of carbonyl (C=O) groups is 2. The van der Waals surface area contributed by atoms with Crippen LogP contribution in [0.5, 0.6) is 0 Å². The maximum atomic E-state index is 9.47. The number of carboxylic acid groups (broad SMARTS) is 1. The summed E-state index contributed by atoms with van der Waals surface area (Å²) in [5, 5.41) is 15.8. The zero-order valence-corrected chi connectivity index (χ0v) is 6.15. The fourth-order valence-corrected chi connectivity index (χ4v) is 0. The van der Waals surface area contributed by atoms with Crippen LogP contribution in [0.1, 0.15) is 6.92 Å². The van der Waals surface area contributed by atoms with Gasteiger partial charge in [-0.1, -0.05) is 6.58 Å². The van der Waals surface area contributed by atoms with Gasteiger partial charge < -0.3 is 15.9 Å². The zero-order chi connectivity index (χ0) is 9.44. The molecule has 0 saturated heterocycles. The van der Waals surface area contributed by atoms with E-state index in [4.69, 9.17) is 10.2 Å². The van der Waals surface area contributed by atoms with Crippen LogP contribution in [0.3, 0.4) is 0 Å². The molecule has 1 amide bonds. The average molecular weight is 161 g/mol. The van der Waals surface area contributed by atoms with Crippen LogP contribution in [0.25, 0.3) is 0 Å². The highest BCUT2D eigenvalue weighted by atomic mass is 16.4. The Morgan fingerprint density at radius 2 is 1.82 bits per heavy atom. The number of aliphatic hydroxyl groups is 1. The van der Waals surface area contributed by atoms with Gasteiger partial charge in [0.2, 0.25) is 5.91 Å². The summed E-state index contributed by atoms with van der Waals surface area (Å²) in [4.78, 5) is 18.9. The Hall–Kier alpha value is -1.36. The lowest BCUT2D eigenvalue weighted by molar-refractivity contribution is -0.145. The van der Waals surface area contributed by atoms with E-state index >= 15 is 0 Å². The van der Waals surface area contributed by atoms with Crippen LogP contribution in [-0.4, -0.2) is 28.2 Å². The zero-order valence-electron chi connectivity index (χ0n) is 6.15. The summed E-state index contributed by atoms with van der Waals surface area (Å²) in [6.45, 7) is 4.28. The molecule has 0 heterocycles. The van der Waals surface area contributed by atoms with E-state index in [1.807, 2.05) is 0 Å². The van der Waals surface area contributed by atoms with Crippen molar-refractivity contribution >= 4 is 11.9 Å². The molecule has 4 N–H and O–H groups in total. The lowest BCUT2D eigenvalue weighted by atomic mass is 10.4. The number of aliphatic hydroxyl groups excluding tert-OH is 1. The molecule has 0 aromatic heterocycles. The SMILES string of the molecule is C=CC(N)=O.CC(O)C(=O)O. The molecule has 0 aliphatic carbocycles. The van der Waals surface area contributed by atoms with E-state index in [2.05, 4.69) is 12.3 Å². The summed E-state index contributed by atoms with van der Waals surface area (Å²) in [7, 11) is 0. The predicted molar refractivity (Wildman–Crippen MR) is 38.7 cm³/mol. The van der Waals surface area contributed by atoms with Crippen LogP contribution in [0.15, 0.2) is 12.7 Å². The van der Waals surface area contributed by atoms with Gasteiger partial charge in [0.1, 0.15) is 6.10 Å². The maximum absolute atomic E-state index is 9.47. The van der Waals surface area contributed by atoms with E-state index in [0.717, 1.165) is 6.08 Å². The molecule has 0 fully saturated rings. The molecular weight excluding hydrogens is 150 g/mol. The van der Waals surface area contributed by atoms with Crippen molar-refractivity contribution in [2.24, 2.45) is 5.73 Å². The van der Waals surface area contributed by atoms with Gasteiger partial charge >= 0.3 is 5.97 Å². The number of aliphatic carboxylic acids is 1. The third-order valence-electron chi connectivity index (χ3n) is 0.559. The minimum Gasteiger partial charge on any atom is -0.479 e. The molecule has 0 saturated carbocycles. The lowest BCUT2D eigenvalue weighted by Gasteiger charge is -1.89. The molecule has 0 radical (unpaired) electrons. The summed E-state index contributed by atoms with van der Waals surface area (Å²) in [6.07, 6.45) is -0.176. The molecule has 0 aromatic carbocycles. The first-order valence-corrected chi connectivity index (χ1v) is 2.74. The van der Waals surface area contributed by atoms with Gasteiger partial charge in [-0.2, -0.15) is 0 Å². The number of hydrogen-bond acceptors (Lipinski definition) is 3. The van der Waals surface area contributed by atoms with Crippen molar-refractivity contribution in [2.75, 3.05) is 0 Å². The number of amides is 1. The largest absolute Gasteiger partial charge is 0.479 e. The summed E-state index contributed by atoms with van der Waals surface area (Å²) in [5.74, 6) is -1.67. The molecule has 0 bridgehead atoms. The Labute approximate surface area is 64.1 Å². The highest BCUT2D eigenvalue weighted by Gasteiger charge is 2.01. The average Bonchev–Trinajstić information content (AvgIpc) is 1.89. The van der Waals surface area contributed by atoms with Crippen molar-refractivity contribution in [2.45, 2.75) is 13.0 Å². The van der Waals surface area contributed by atoms with E-state index < -0.39 is 18.0 Å². The van der Waals surface area contributed by atoms with Crippen LogP contribution < -0.4 is 5.73 Å². The second-order valence-electron chi connectivity index (χ2n) is 1.62. The van der Waals surface area contributed by atoms with Crippen molar-refractivity contribution in [3.8, 4) is 0 Å². The molecule has 5 heteroatoms. The van der Waals surface area contributed by atoms with E-state index in [9.17, 15) is 9.59 Å². The third-order valence-corrected chi connectivity index (χ3v) is 0.559. The first-order chi connectivity index (χ1) is 4.91. The minimum absolute atomic E-state index is 0.481. The standard InChI is InChI=1S/C3H5NO.C3H6O3/c1-2-3(4)5;1-2(4)3(5)6/h2H,1H2,(H2,4,5);2,4H,1H3,(H,5,6). The maximum Gasteiger partial charge on any atom is 0.332 e. The van der Waals surface area contributed by atoms with Gasteiger partial charge in [-0.15, -0.1) is 0 Å². The monoisotopic (exact) mass is 161 g/mol. The van der Waals surface area contributed by atoms with Gasteiger partial charge in [-0.05, 0) is 13.0 Å². The van der Waals surface area contributed by atoms with E-state index in [1.165, 1.54) is 6.92 Å². The number of carboxylic acids is 1. The molecule has 11 heavy (non-hydrogen) atoms. The van der Waals surface area contributed by atoms with Crippen LogP contribution in [0, 0.1) is 0 Å². The Balaban J connectivity index is 0. The fourth-order valence-electron chi connectivity index (χ4n) is 0. The van der Waals surface area contributed by atoms with Gasteiger partial charge in [0, 0.05) is 0 Å². The Morgan fingerprint density at radius 3 is 1.82 bits per heavy atom. The van der Waals surface area contributed by atoms with Crippen molar-refractivity contribution in [1.29, 1.82) is 0 Å². The van der Waals surface area contributed by atoms with Crippen LogP contribution >= 0.6 is 0 Å². The summed E-state index contributed by atoms with van der Waals surface area (Å²) < 4.78 is 0. The number of nitrogens with two attached hydrogens (primary N) is 1. The highest BCUT2D eigenvalue weighted by molar-refractivity contribution is 5.84. The second kappa shape index (κ2) is 6.76. The fraction of sp³-hybridized carbons (Fsp3) is 0.333. The number of hydrogen-bond donors (Lipinski definition) is 3. The summed E-state index contributed by atoms with van der Waals surface area (Å²) >= 11 is 0. The molecule has 1 atom stereocenters. The molecule has 5 nitrogen and oxygen atoms in total. The quantitative estimate of drug-likeness (QED) is 0.457. The van der Waals surface area contributed by atoms with Crippen molar-refractivity contribution in [3.05, 3.63) is 12.7 Å². The Bertz CT molecular complexity index is 153. The first kappa shape index (κ1) is 12.3. The van der Waals surface area contributed by atoms with E-state index in [1.54, 1.807) is 0 Å². The smallest absolute Gasteiger partial charge is 0.332 e. The predicted octanol–water partition coefficient (Wildman–Crippen LogP) is -0.891. The number of carbonyl (C=O) groups excluding carboxylic acids is 1. The molecule has 64 valence electrons. The molecule has 0 aromatic rings.